The summed E-state index contributed by atoms with van der Waals surface area (Å²) in [5.74, 6) is 0.215. The Kier molecular flexibility index (Phi) is 4.12. The van der Waals surface area contributed by atoms with Gasteiger partial charge in [0.05, 0.1) is 5.69 Å². The number of aromatic nitrogens is 1. The molecule has 0 unspecified atom stereocenters. The molecule has 4 heterocycles. The van der Waals surface area contributed by atoms with Crippen molar-refractivity contribution in [3.63, 3.8) is 0 Å². The first-order chi connectivity index (χ1) is 12.1. The van der Waals surface area contributed by atoms with Crippen molar-refractivity contribution in [1.29, 1.82) is 0 Å². The van der Waals surface area contributed by atoms with Gasteiger partial charge in [-0.3, -0.25) is 9.69 Å². The van der Waals surface area contributed by atoms with Gasteiger partial charge in [0.15, 0.2) is 0 Å². The number of rotatable bonds is 3. The number of benzene rings is 1. The number of hydrogen-bond acceptors (Lipinski definition) is 2. The second-order valence-corrected chi connectivity index (χ2v) is 7.26. The standard InChI is InChI=1S/C20H24FN3O/c1-13-19(14-9-11-24(13)12-10-14)22-20(25)18-8-7-17(23(18)2)15-5-3-4-6-16(15)21/h3-8,13-14,19H,9-12H2,1-2H3,(H,22,25)/t13-,19-/m0/s1. The highest BCUT2D eigenvalue weighted by Crippen LogP contribution is 2.32. The van der Waals surface area contributed by atoms with Gasteiger partial charge in [-0.2, -0.15) is 0 Å². The monoisotopic (exact) mass is 341 g/mol. The molecule has 3 fully saturated rings. The number of carbonyl (C=O) groups is 1. The van der Waals surface area contributed by atoms with Crippen LogP contribution in [-0.2, 0) is 7.05 Å². The fourth-order valence-corrected chi connectivity index (χ4v) is 4.45. The van der Waals surface area contributed by atoms with Crippen LogP contribution in [0, 0.1) is 11.7 Å². The van der Waals surface area contributed by atoms with Crippen LogP contribution in [-0.4, -0.2) is 40.5 Å². The van der Waals surface area contributed by atoms with Gasteiger partial charge in [0.1, 0.15) is 11.5 Å². The summed E-state index contributed by atoms with van der Waals surface area (Å²) in [4.78, 5) is 15.3. The average Bonchev–Trinajstić information content (AvgIpc) is 3.00. The van der Waals surface area contributed by atoms with Crippen molar-refractivity contribution in [2.45, 2.75) is 31.8 Å². The number of amides is 1. The first-order valence-corrected chi connectivity index (χ1v) is 9.02. The zero-order chi connectivity index (χ0) is 17.6. The number of piperidine rings is 3. The highest BCUT2D eigenvalue weighted by molar-refractivity contribution is 5.94. The van der Waals surface area contributed by atoms with E-state index in [1.807, 2.05) is 13.1 Å². The second kappa shape index (κ2) is 6.30. The molecule has 2 aromatic rings. The highest BCUT2D eigenvalue weighted by Gasteiger charge is 2.40. The van der Waals surface area contributed by atoms with Gasteiger partial charge in [-0.25, -0.2) is 4.39 Å². The van der Waals surface area contributed by atoms with Crippen LogP contribution in [0.1, 0.15) is 30.3 Å². The minimum absolute atomic E-state index is 0.0734. The Morgan fingerprint density at radius 3 is 2.56 bits per heavy atom. The molecule has 1 aromatic heterocycles. The van der Waals surface area contributed by atoms with Gasteiger partial charge in [-0.05, 0) is 63.0 Å². The largest absolute Gasteiger partial charge is 0.346 e. The molecule has 3 saturated heterocycles. The number of nitrogens with zero attached hydrogens (tertiary/aromatic N) is 2. The lowest BCUT2D eigenvalue weighted by atomic mass is 9.79. The molecule has 2 bridgehead atoms. The van der Waals surface area contributed by atoms with Crippen LogP contribution in [0.2, 0.25) is 0 Å². The molecule has 5 rings (SSSR count). The number of carbonyl (C=O) groups excluding carboxylic acids is 1. The van der Waals surface area contributed by atoms with E-state index in [9.17, 15) is 9.18 Å². The number of halogens is 1. The molecule has 0 radical (unpaired) electrons. The van der Waals surface area contributed by atoms with E-state index in [0.29, 0.717) is 28.9 Å². The minimum atomic E-state index is -0.276. The molecule has 0 spiro atoms. The van der Waals surface area contributed by atoms with E-state index >= 15 is 0 Å². The van der Waals surface area contributed by atoms with Crippen LogP contribution < -0.4 is 5.32 Å². The SMILES string of the molecule is C[C@H]1[C@H](NC(=O)c2ccc(-c3ccccc3F)n2C)C2CCN1CC2. The van der Waals surface area contributed by atoms with Gasteiger partial charge >= 0.3 is 0 Å². The molecular weight excluding hydrogens is 317 g/mol. The maximum Gasteiger partial charge on any atom is 0.268 e. The molecule has 3 aliphatic heterocycles. The zero-order valence-corrected chi connectivity index (χ0v) is 14.7. The lowest BCUT2D eigenvalue weighted by molar-refractivity contribution is 0.0215. The highest BCUT2D eigenvalue weighted by atomic mass is 19.1. The molecule has 3 aliphatic rings. The first kappa shape index (κ1) is 16.3. The molecule has 0 saturated carbocycles. The topological polar surface area (TPSA) is 37.3 Å². The van der Waals surface area contributed by atoms with Gasteiger partial charge < -0.3 is 9.88 Å². The molecule has 25 heavy (non-hydrogen) atoms. The van der Waals surface area contributed by atoms with Crippen LogP contribution in [0.25, 0.3) is 11.3 Å². The Bertz CT molecular complexity index is 790. The summed E-state index contributed by atoms with van der Waals surface area (Å²) < 4.78 is 15.8. The van der Waals surface area contributed by atoms with Gasteiger partial charge in [0.25, 0.3) is 5.91 Å². The summed E-state index contributed by atoms with van der Waals surface area (Å²) in [6.07, 6.45) is 2.31. The third-order valence-corrected chi connectivity index (χ3v) is 5.98. The van der Waals surface area contributed by atoms with E-state index in [-0.39, 0.29) is 17.8 Å². The minimum Gasteiger partial charge on any atom is -0.346 e. The summed E-state index contributed by atoms with van der Waals surface area (Å²) in [5, 5.41) is 3.24. The lowest BCUT2D eigenvalue weighted by Gasteiger charge is -2.49. The lowest BCUT2D eigenvalue weighted by Crippen LogP contribution is -2.62. The molecule has 1 N–H and O–H groups in total. The number of fused-ring (bicyclic) bond motifs is 3. The quantitative estimate of drug-likeness (QED) is 0.932. The maximum absolute atomic E-state index is 14.1. The first-order valence-electron chi connectivity index (χ1n) is 9.02. The summed E-state index contributed by atoms with van der Waals surface area (Å²) in [5.41, 5.74) is 1.80. The van der Waals surface area contributed by atoms with Gasteiger partial charge in [-0.15, -0.1) is 0 Å². The van der Waals surface area contributed by atoms with E-state index in [2.05, 4.69) is 17.1 Å². The summed E-state index contributed by atoms with van der Waals surface area (Å²) in [7, 11) is 1.82. The van der Waals surface area contributed by atoms with Crippen molar-refractivity contribution < 1.29 is 9.18 Å². The van der Waals surface area contributed by atoms with Crippen LogP contribution in [0.3, 0.4) is 0 Å². The molecule has 1 amide bonds. The third kappa shape index (κ3) is 2.76. The Morgan fingerprint density at radius 2 is 1.88 bits per heavy atom. The second-order valence-electron chi connectivity index (χ2n) is 7.26. The fourth-order valence-electron chi connectivity index (χ4n) is 4.45. The number of hydrogen-bond donors (Lipinski definition) is 1. The molecule has 4 nitrogen and oxygen atoms in total. The summed E-state index contributed by atoms with van der Waals surface area (Å²) in [6, 6.07) is 10.8. The van der Waals surface area contributed by atoms with Gasteiger partial charge in [-0.1, -0.05) is 12.1 Å². The van der Waals surface area contributed by atoms with Gasteiger partial charge in [0, 0.05) is 24.7 Å². The van der Waals surface area contributed by atoms with Crippen LogP contribution in [0.5, 0.6) is 0 Å². The average molecular weight is 341 g/mol. The smallest absolute Gasteiger partial charge is 0.268 e. The molecule has 132 valence electrons. The molecule has 5 heteroatoms. The zero-order valence-electron chi connectivity index (χ0n) is 14.7. The van der Waals surface area contributed by atoms with E-state index in [4.69, 9.17) is 0 Å². The Balaban J connectivity index is 1.57. The third-order valence-electron chi connectivity index (χ3n) is 5.98. The van der Waals surface area contributed by atoms with Crippen LogP contribution in [0.4, 0.5) is 4.39 Å². The van der Waals surface area contributed by atoms with Crippen molar-refractivity contribution in [3.8, 4) is 11.3 Å². The van der Waals surface area contributed by atoms with Crippen molar-refractivity contribution in [2.75, 3.05) is 13.1 Å². The van der Waals surface area contributed by atoms with Crippen LogP contribution >= 0.6 is 0 Å². The van der Waals surface area contributed by atoms with Crippen molar-refractivity contribution in [2.24, 2.45) is 13.0 Å². The molecule has 2 atom stereocenters. The van der Waals surface area contributed by atoms with Crippen molar-refractivity contribution in [3.05, 3.63) is 47.9 Å². The Hall–Kier alpha value is -2.14. The van der Waals surface area contributed by atoms with Crippen LogP contribution in [0.15, 0.2) is 36.4 Å². The Labute approximate surface area is 147 Å². The summed E-state index contributed by atoms with van der Waals surface area (Å²) >= 11 is 0. The van der Waals surface area contributed by atoms with E-state index in [1.165, 1.54) is 6.07 Å². The van der Waals surface area contributed by atoms with Crippen molar-refractivity contribution >= 4 is 5.91 Å². The number of nitrogens with one attached hydrogen (secondary N) is 1. The Morgan fingerprint density at radius 1 is 1.16 bits per heavy atom. The predicted octanol–water partition coefficient (Wildman–Crippen LogP) is 3.04. The fraction of sp³-hybridized carbons (Fsp3) is 0.450. The van der Waals surface area contributed by atoms with E-state index < -0.39 is 0 Å². The summed E-state index contributed by atoms with van der Waals surface area (Å²) in [6.45, 7) is 4.48. The maximum atomic E-state index is 14.1. The molecule has 1 aromatic carbocycles. The molecular formula is C20H24FN3O. The van der Waals surface area contributed by atoms with E-state index in [0.717, 1.165) is 25.9 Å². The predicted molar refractivity (Wildman–Crippen MR) is 95.8 cm³/mol. The van der Waals surface area contributed by atoms with Gasteiger partial charge in [0.2, 0.25) is 0 Å². The molecule has 0 aliphatic carbocycles. The van der Waals surface area contributed by atoms with Crippen molar-refractivity contribution in [1.82, 2.24) is 14.8 Å². The normalized spacial score (nSPS) is 28.1. The van der Waals surface area contributed by atoms with E-state index in [1.54, 1.807) is 28.8 Å².